The van der Waals surface area contributed by atoms with E-state index in [0.29, 0.717) is 41.9 Å². The van der Waals surface area contributed by atoms with Gasteiger partial charge in [0.15, 0.2) is 0 Å². The van der Waals surface area contributed by atoms with Gasteiger partial charge in [-0.05, 0) is 84.9 Å². The molecule has 3 aromatic rings. The highest BCUT2D eigenvalue weighted by molar-refractivity contribution is 5.82. The lowest BCUT2D eigenvalue weighted by atomic mass is 9.92. The molecule has 1 aliphatic heterocycles. The van der Waals surface area contributed by atoms with Gasteiger partial charge in [0.2, 0.25) is 5.91 Å². The lowest BCUT2D eigenvalue weighted by molar-refractivity contribution is -0.138. The summed E-state index contributed by atoms with van der Waals surface area (Å²) in [6.07, 6.45) is 4.88. The van der Waals surface area contributed by atoms with Gasteiger partial charge < -0.3 is 19.9 Å². The van der Waals surface area contributed by atoms with Crippen molar-refractivity contribution in [2.45, 2.75) is 78.1 Å². The van der Waals surface area contributed by atoms with Crippen molar-refractivity contribution in [3.05, 3.63) is 86.6 Å². The summed E-state index contributed by atoms with van der Waals surface area (Å²) >= 11 is 0. The molecule has 1 aliphatic rings. The van der Waals surface area contributed by atoms with Crippen LogP contribution in [-0.4, -0.2) is 57.2 Å². The summed E-state index contributed by atoms with van der Waals surface area (Å²) < 4.78 is 43.0. The van der Waals surface area contributed by atoms with Crippen molar-refractivity contribution in [1.82, 2.24) is 19.8 Å². The third-order valence-electron chi connectivity index (χ3n) is 8.52. The number of aromatic nitrogens is 2. The number of aryl methyl sites for hydroxylation is 2. The van der Waals surface area contributed by atoms with Crippen molar-refractivity contribution >= 4 is 11.9 Å². The first-order valence-corrected chi connectivity index (χ1v) is 15.7. The van der Waals surface area contributed by atoms with E-state index in [4.69, 9.17) is 6.42 Å². The van der Waals surface area contributed by atoms with Crippen LogP contribution in [0.25, 0.3) is 11.1 Å². The Morgan fingerprint density at radius 3 is 2.47 bits per heavy atom. The van der Waals surface area contributed by atoms with E-state index in [-0.39, 0.29) is 25.3 Å². The highest BCUT2D eigenvalue weighted by Gasteiger charge is 2.30. The lowest BCUT2D eigenvalue weighted by Crippen LogP contribution is -2.41. The molecule has 1 fully saturated rings. The molecular formula is C36H41F3N4O4. The number of nitrogens with one attached hydrogen (secondary N) is 1. The maximum atomic E-state index is 14.1. The number of halogens is 3. The standard InChI is InChI=1S/C36H41F3N4O4/c1-6-29-27(33-22(4)8-7-9-23(33)5)16-25(18-40-29)30(17-32(44)45)41-35(46)31(14-21(2)3)43-19-24(15-28(34(38)39)36(43)47)10-12-42-13-11-26(37)20-42/h1,7-9,15-16,18-19,21,26,30-31,34H,10-14,17,20H2,2-5H3,(H,41,46)(H,44,45)/t26?,30-,31-/m0/s1. The molecule has 1 unspecified atom stereocenters. The van der Waals surface area contributed by atoms with E-state index in [1.807, 2.05) is 50.8 Å². The predicted octanol–water partition coefficient (Wildman–Crippen LogP) is 5.95. The number of nitrogens with zero attached hydrogens (tertiary/aromatic N) is 3. The molecule has 1 saturated heterocycles. The molecule has 1 aromatic carbocycles. The Morgan fingerprint density at radius 1 is 1.19 bits per heavy atom. The van der Waals surface area contributed by atoms with Crippen LogP contribution in [0.15, 0.2) is 47.5 Å². The fraction of sp³-hybridized carbons (Fsp3) is 0.444. The number of rotatable bonds is 13. The van der Waals surface area contributed by atoms with Gasteiger partial charge in [-0.25, -0.2) is 18.2 Å². The van der Waals surface area contributed by atoms with Crippen LogP contribution in [-0.2, 0) is 16.0 Å². The monoisotopic (exact) mass is 650 g/mol. The molecule has 1 amide bonds. The first-order chi connectivity index (χ1) is 22.3. The van der Waals surface area contributed by atoms with Gasteiger partial charge in [0.1, 0.15) is 17.9 Å². The topological polar surface area (TPSA) is 105 Å². The summed E-state index contributed by atoms with van der Waals surface area (Å²) in [5.41, 5.74) is 2.72. The van der Waals surface area contributed by atoms with E-state index in [2.05, 4.69) is 16.2 Å². The van der Waals surface area contributed by atoms with E-state index >= 15 is 0 Å². The Kier molecular flexibility index (Phi) is 11.6. The predicted molar refractivity (Wildman–Crippen MR) is 174 cm³/mol. The molecule has 0 radical (unpaired) electrons. The maximum Gasteiger partial charge on any atom is 0.305 e. The molecular weight excluding hydrogens is 609 g/mol. The number of alkyl halides is 3. The first kappa shape index (κ1) is 35.4. The Balaban J connectivity index is 1.73. The van der Waals surface area contributed by atoms with E-state index in [0.717, 1.165) is 27.3 Å². The highest BCUT2D eigenvalue weighted by Crippen LogP contribution is 2.32. The minimum atomic E-state index is -3.08. The van der Waals surface area contributed by atoms with Crippen molar-refractivity contribution in [2.24, 2.45) is 5.92 Å². The number of carbonyl (C=O) groups excluding carboxylic acids is 1. The highest BCUT2D eigenvalue weighted by atomic mass is 19.3. The number of likely N-dealkylation sites (tertiary alicyclic amines) is 1. The number of carbonyl (C=O) groups is 2. The van der Waals surface area contributed by atoms with Crippen LogP contribution in [0.2, 0.25) is 0 Å². The van der Waals surface area contributed by atoms with E-state index in [1.54, 1.807) is 6.07 Å². The van der Waals surface area contributed by atoms with Crippen molar-refractivity contribution in [3.63, 3.8) is 0 Å². The SMILES string of the molecule is C#Cc1ncc([C@H](CC(=O)O)NC(=O)[C@H](CC(C)C)n2cc(CCN3CCC(F)C3)cc(C(F)F)c2=O)cc1-c1c(C)cccc1C. The fourth-order valence-corrected chi connectivity index (χ4v) is 6.19. The summed E-state index contributed by atoms with van der Waals surface area (Å²) in [6.45, 7) is 8.72. The Hall–Kier alpha value is -4.43. The zero-order valence-electron chi connectivity index (χ0n) is 27.1. The van der Waals surface area contributed by atoms with Gasteiger partial charge in [0.05, 0.1) is 18.0 Å². The molecule has 2 N–H and O–H groups in total. The normalized spacial score (nSPS) is 16.3. The zero-order valence-corrected chi connectivity index (χ0v) is 27.1. The van der Waals surface area contributed by atoms with Crippen LogP contribution in [0, 0.1) is 32.1 Å². The number of carboxylic acid groups (broad SMARTS) is 1. The molecule has 47 heavy (non-hydrogen) atoms. The number of aliphatic carboxylic acids is 1. The van der Waals surface area contributed by atoms with Crippen LogP contribution >= 0.6 is 0 Å². The van der Waals surface area contributed by atoms with Gasteiger partial charge in [0, 0.05) is 37.6 Å². The number of carboxylic acids is 1. The minimum Gasteiger partial charge on any atom is -0.481 e. The Labute approximate surface area is 273 Å². The van der Waals surface area contributed by atoms with Gasteiger partial charge in [0.25, 0.3) is 12.0 Å². The largest absolute Gasteiger partial charge is 0.481 e. The molecule has 2 aromatic heterocycles. The van der Waals surface area contributed by atoms with Crippen molar-refractivity contribution in [1.29, 1.82) is 0 Å². The third-order valence-corrected chi connectivity index (χ3v) is 8.52. The number of pyridine rings is 2. The van der Waals surface area contributed by atoms with E-state index in [1.165, 1.54) is 12.4 Å². The van der Waals surface area contributed by atoms with Crippen molar-refractivity contribution in [3.8, 4) is 23.5 Å². The van der Waals surface area contributed by atoms with Crippen LogP contribution in [0.3, 0.4) is 0 Å². The second-order valence-electron chi connectivity index (χ2n) is 12.6. The summed E-state index contributed by atoms with van der Waals surface area (Å²) in [5, 5.41) is 12.6. The molecule has 250 valence electrons. The quantitative estimate of drug-likeness (QED) is 0.222. The third kappa shape index (κ3) is 8.69. The summed E-state index contributed by atoms with van der Waals surface area (Å²) in [5.74, 6) is 0.558. The van der Waals surface area contributed by atoms with Gasteiger partial charge in [-0.15, -0.1) is 6.42 Å². The van der Waals surface area contributed by atoms with Crippen molar-refractivity contribution < 1.29 is 27.9 Å². The van der Waals surface area contributed by atoms with Crippen LogP contribution in [0.1, 0.15) is 85.1 Å². The second-order valence-corrected chi connectivity index (χ2v) is 12.6. The van der Waals surface area contributed by atoms with Gasteiger partial charge >= 0.3 is 5.97 Å². The molecule has 0 saturated carbocycles. The number of hydrogen-bond acceptors (Lipinski definition) is 5. The van der Waals surface area contributed by atoms with Gasteiger partial charge in [-0.1, -0.05) is 32.0 Å². The molecule has 8 nitrogen and oxygen atoms in total. The summed E-state index contributed by atoms with van der Waals surface area (Å²) in [7, 11) is 0. The van der Waals surface area contributed by atoms with Gasteiger partial charge in [-0.2, -0.15) is 0 Å². The van der Waals surface area contributed by atoms with Crippen molar-refractivity contribution in [2.75, 3.05) is 19.6 Å². The van der Waals surface area contributed by atoms with Crippen LogP contribution < -0.4 is 10.9 Å². The number of benzene rings is 1. The molecule has 0 aliphatic carbocycles. The van der Waals surface area contributed by atoms with Gasteiger partial charge in [-0.3, -0.25) is 14.4 Å². The number of amides is 1. The van der Waals surface area contributed by atoms with Crippen LogP contribution in [0.5, 0.6) is 0 Å². The molecule has 3 heterocycles. The lowest BCUT2D eigenvalue weighted by Gasteiger charge is -2.26. The minimum absolute atomic E-state index is 0.120. The van der Waals surface area contributed by atoms with Crippen LogP contribution in [0.4, 0.5) is 13.2 Å². The summed E-state index contributed by atoms with van der Waals surface area (Å²) in [6, 6.07) is 6.33. The maximum absolute atomic E-state index is 14.1. The Morgan fingerprint density at radius 2 is 1.89 bits per heavy atom. The Bertz CT molecular complexity index is 1690. The number of hydrogen-bond donors (Lipinski definition) is 2. The molecule has 3 atom stereocenters. The molecule has 0 spiro atoms. The average Bonchev–Trinajstić information content (AvgIpc) is 3.43. The average molecular weight is 651 g/mol. The smallest absolute Gasteiger partial charge is 0.305 e. The van der Waals surface area contributed by atoms with E-state index < -0.39 is 54.1 Å². The zero-order chi connectivity index (χ0) is 34.4. The summed E-state index contributed by atoms with van der Waals surface area (Å²) in [4.78, 5) is 45.7. The number of terminal acetylenes is 1. The second kappa shape index (κ2) is 15.4. The first-order valence-electron chi connectivity index (χ1n) is 15.7. The fourth-order valence-electron chi connectivity index (χ4n) is 6.19. The molecule has 4 rings (SSSR count). The van der Waals surface area contributed by atoms with E-state index in [9.17, 15) is 32.7 Å². The molecule has 11 heteroatoms. The molecule has 0 bridgehead atoms.